The van der Waals surface area contributed by atoms with Crippen molar-refractivity contribution in [3.05, 3.63) is 54.1 Å². The van der Waals surface area contributed by atoms with E-state index in [0.29, 0.717) is 29.7 Å². The van der Waals surface area contributed by atoms with Gasteiger partial charge in [-0.05, 0) is 38.2 Å². The Balaban J connectivity index is 1.42. The molecule has 0 spiro atoms. The van der Waals surface area contributed by atoms with Crippen LogP contribution >= 0.6 is 0 Å². The SMILES string of the molecule is CC(=O)c1c(C2CC3CCC(C2)N3C(=O)CO)nc2c(-c3ccc(-c4ncc[nH]4)cc3)cnn2c1N. The van der Waals surface area contributed by atoms with Crippen molar-refractivity contribution in [3.63, 3.8) is 0 Å². The van der Waals surface area contributed by atoms with Crippen molar-refractivity contribution >= 4 is 23.2 Å². The number of fused-ring (bicyclic) bond motifs is 3. The van der Waals surface area contributed by atoms with E-state index in [1.54, 1.807) is 18.6 Å². The second kappa shape index (κ2) is 8.56. The molecule has 184 valence electrons. The molecule has 36 heavy (non-hydrogen) atoms. The number of aliphatic hydroxyl groups is 1. The van der Waals surface area contributed by atoms with Gasteiger partial charge in [0.15, 0.2) is 11.4 Å². The molecule has 10 heteroatoms. The number of rotatable bonds is 5. The molecular weight excluding hydrogens is 458 g/mol. The van der Waals surface area contributed by atoms with E-state index in [2.05, 4.69) is 15.1 Å². The highest BCUT2D eigenvalue weighted by Gasteiger charge is 2.44. The number of hydrogen-bond donors (Lipinski definition) is 3. The van der Waals surface area contributed by atoms with Gasteiger partial charge in [-0.1, -0.05) is 24.3 Å². The number of nitrogens with zero attached hydrogens (tertiary/aromatic N) is 5. The Morgan fingerprint density at radius 1 is 1.14 bits per heavy atom. The number of carbonyl (C=O) groups is 2. The van der Waals surface area contributed by atoms with Gasteiger partial charge in [-0.3, -0.25) is 9.59 Å². The van der Waals surface area contributed by atoms with E-state index in [0.717, 1.165) is 35.4 Å². The third-order valence-electron chi connectivity index (χ3n) is 7.57. The number of benzene rings is 1. The Hall–Kier alpha value is -4.05. The van der Waals surface area contributed by atoms with Gasteiger partial charge in [0.25, 0.3) is 0 Å². The van der Waals surface area contributed by atoms with Gasteiger partial charge in [-0.25, -0.2) is 9.97 Å². The van der Waals surface area contributed by atoms with E-state index in [9.17, 15) is 14.7 Å². The molecule has 6 rings (SSSR count). The van der Waals surface area contributed by atoms with Gasteiger partial charge in [0, 0.05) is 41.5 Å². The fourth-order valence-corrected chi connectivity index (χ4v) is 6.01. The Bertz CT molecular complexity index is 1450. The number of H-pyrrole nitrogens is 1. The number of nitrogen functional groups attached to an aromatic ring is 1. The van der Waals surface area contributed by atoms with Gasteiger partial charge >= 0.3 is 0 Å². The van der Waals surface area contributed by atoms with Crippen molar-refractivity contribution in [2.75, 3.05) is 12.3 Å². The molecule has 5 heterocycles. The first-order valence-electron chi connectivity index (χ1n) is 12.2. The number of piperidine rings is 1. The van der Waals surface area contributed by atoms with Crippen molar-refractivity contribution in [1.82, 2.24) is 29.5 Å². The highest BCUT2D eigenvalue weighted by molar-refractivity contribution is 6.00. The van der Waals surface area contributed by atoms with Gasteiger partial charge in [-0.15, -0.1) is 0 Å². The number of amides is 1. The average Bonchev–Trinajstić information content (AvgIpc) is 3.62. The molecule has 2 fully saturated rings. The minimum Gasteiger partial charge on any atom is -0.387 e. The fraction of sp³-hybridized carbons (Fsp3) is 0.346. The van der Waals surface area contributed by atoms with E-state index in [1.807, 2.05) is 29.2 Å². The molecule has 2 aliphatic heterocycles. The molecule has 4 aromatic rings. The number of anilines is 1. The van der Waals surface area contributed by atoms with E-state index in [4.69, 9.17) is 10.7 Å². The summed E-state index contributed by atoms with van der Waals surface area (Å²) >= 11 is 0. The second-order valence-corrected chi connectivity index (χ2v) is 9.63. The fourth-order valence-electron chi connectivity index (χ4n) is 6.01. The van der Waals surface area contributed by atoms with Crippen LogP contribution < -0.4 is 5.73 Å². The largest absolute Gasteiger partial charge is 0.387 e. The normalized spacial score (nSPS) is 21.3. The summed E-state index contributed by atoms with van der Waals surface area (Å²) in [6.45, 7) is 1.02. The number of nitrogens with one attached hydrogen (secondary N) is 1. The van der Waals surface area contributed by atoms with Gasteiger partial charge in [-0.2, -0.15) is 9.61 Å². The predicted molar refractivity (Wildman–Crippen MR) is 133 cm³/mol. The van der Waals surface area contributed by atoms with Crippen LogP contribution in [0.5, 0.6) is 0 Å². The maximum atomic E-state index is 12.7. The van der Waals surface area contributed by atoms with Crippen LogP contribution in [-0.2, 0) is 4.79 Å². The number of Topliss-reactive ketones (excluding diaryl/α,β-unsaturated/α-hetero) is 1. The predicted octanol–water partition coefficient (Wildman–Crippen LogP) is 2.80. The highest BCUT2D eigenvalue weighted by Crippen LogP contribution is 2.44. The van der Waals surface area contributed by atoms with Crippen LogP contribution in [0.25, 0.3) is 28.2 Å². The zero-order valence-electron chi connectivity index (χ0n) is 19.9. The number of ketones is 1. The van der Waals surface area contributed by atoms with Gasteiger partial charge in [0.2, 0.25) is 5.91 Å². The van der Waals surface area contributed by atoms with E-state index >= 15 is 0 Å². The molecule has 0 radical (unpaired) electrons. The summed E-state index contributed by atoms with van der Waals surface area (Å²) in [5.41, 5.74) is 10.9. The van der Waals surface area contributed by atoms with Crippen molar-refractivity contribution in [1.29, 1.82) is 0 Å². The van der Waals surface area contributed by atoms with Gasteiger partial charge in [0.1, 0.15) is 18.2 Å². The summed E-state index contributed by atoms with van der Waals surface area (Å²) in [6, 6.07) is 8.01. The number of carbonyl (C=O) groups excluding carboxylic acids is 2. The minimum atomic E-state index is -0.481. The van der Waals surface area contributed by atoms with Crippen LogP contribution in [0.4, 0.5) is 5.82 Å². The quantitative estimate of drug-likeness (QED) is 0.369. The lowest BCUT2D eigenvalue weighted by Crippen LogP contribution is -2.47. The van der Waals surface area contributed by atoms with Crippen molar-refractivity contribution in [3.8, 4) is 22.5 Å². The van der Waals surface area contributed by atoms with Crippen molar-refractivity contribution < 1.29 is 14.7 Å². The summed E-state index contributed by atoms with van der Waals surface area (Å²) in [7, 11) is 0. The first-order chi connectivity index (χ1) is 17.5. The Morgan fingerprint density at radius 2 is 1.83 bits per heavy atom. The number of aliphatic hydroxyl groups excluding tert-OH is 1. The standard InChI is InChI=1S/C26H27N7O3/c1-14(35)22-23(17-10-18-6-7-19(11-17)32(18)21(36)13-34)31-26-20(12-30-33(26)24(22)27)15-2-4-16(5-3-15)25-28-8-9-29-25/h2-5,8-9,12,17-19,34H,6-7,10-11,13,27H2,1H3,(H,28,29). The summed E-state index contributed by atoms with van der Waals surface area (Å²) in [6.07, 6.45) is 8.37. The van der Waals surface area contributed by atoms with E-state index < -0.39 is 6.61 Å². The van der Waals surface area contributed by atoms with Crippen LogP contribution in [0.3, 0.4) is 0 Å². The first-order valence-corrected chi connectivity index (χ1v) is 12.2. The Morgan fingerprint density at radius 3 is 2.44 bits per heavy atom. The summed E-state index contributed by atoms with van der Waals surface area (Å²) < 4.78 is 1.54. The monoisotopic (exact) mass is 485 g/mol. The molecule has 2 aliphatic rings. The Kier molecular flexibility index (Phi) is 5.33. The van der Waals surface area contributed by atoms with Crippen LogP contribution in [0.2, 0.25) is 0 Å². The molecule has 1 amide bonds. The van der Waals surface area contributed by atoms with Crippen molar-refractivity contribution in [2.24, 2.45) is 0 Å². The third-order valence-corrected chi connectivity index (χ3v) is 7.57. The lowest BCUT2D eigenvalue weighted by Gasteiger charge is -2.39. The maximum absolute atomic E-state index is 12.7. The lowest BCUT2D eigenvalue weighted by atomic mass is 9.85. The minimum absolute atomic E-state index is 0.0134. The molecule has 0 aliphatic carbocycles. The maximum Gasteiger partial charge on any atom is 0.248 e. The molecule has 3 aromatic heterocycles. The lowest BCUT2D eigenvalue weighted by molar-refractivity contribution is -0.138. The third kappa shape index (κ3) is 3.48. The molecule has 2 saturated heterocycles. The zero-order chi connectivity index (χ0) is 25.0. The van der Waals surface area contributed by atoms with Crippen molar-refractivity contribution in [2.45, 2.75) is 50.6 Å². The van der Waals surface area contributed by atoms with E-state index in [-0.39, 0.29) is 35.5 Å². The molecule has 2 atom stereocenters. The first kappa shape index (κ1) is 22.4. The smallest absolute Gasteiger partial charge is 0.248 e. The Labute approximate surface area is 207 Å². The van der Waals surface area contributed by atoms with E-state index in [1.165, 1.54) is 11.4 Å². The zero-order valence-corrected chi connectivity index (χ0v) is 19.9. The molecule has 2 bridgehead atoms. The van der Waals surface area contributed by atoms with Crippen LogP contribution in [-0.4, -0.2) is 65.0 Å². The highest BCUT2D eigenvalue weighted by atomic mass is 16.3. The summed E-state index contributed by atoms with van der Waals surface area (Å²) in [5.74, 6) is 0.671. The average molecular weight is 486 g/mol. The van der Waals surface area contributed by atoms with Crippen LogP contribution in [0.15, 0.2) is 42.9 Å². The molecule has 1 aromatic carbocycles. The number of imidazole rings is 1. The van der Waals surface area contributed by atoms with Gasteiger partial charge < -0.3 is 20.7 Å². The summed E-state index contributed by atoms with van der Waals surface area (Å²) in [4.78, 5) is 39.3. The number of hydrogen-bond acceptors (Lipinski definition) is 7. The molecule has 4 N–H and O–H groups in total. The second-order valence-electron chi connectivity index (χ2n) is 9.63. The molecular formula is C26H27N7O3. The van der Waals surface area contributed by atoms with Crippen LogP contribution in [0.1, 0.15) is 54.6 Å². The number of nitrogens with two attached hydrogens (primary N) is 1. The molecule has 10 nitrogen and oxygen atoms in total. The number of aromatic nitrogens is 5. The summed E-state index contributed by atoms with van der Waals surface area (Å²) in [5, 5.41) is 13.9. The van der Waals surface area contributed by atoms with Gasteiger partial charge in [0.05, 0.1) is 17.5 Å². The number of aromatic amines is 1. The topological polar surface area (TPSA) is 142 Å². The molecule has 0 saturated carbocycles. The van der Waals surface area contributed by atoms with Crippen LogP contribution in [0, 0.1) is 0 Å². The molecule has 2 unspecified atom stereocenters.